The Morgan fingerprint density at radius 1 is 1.03 bits per heavy atom. The zero-order chi connectivity index (χ0) is 20.6. The largest absolute Gasteiger partial charge is 0.317 e. The highest BCUT2D eigenvalue weighted by Gasteiger charge is 2.22. The Morgan fingerprint density at radius 3 is 2.35 bits per heavy atom. The molecule has 3 aliphatic heterocycles. The first kappa shape index (κ1) is 24.0. The van der Waals surface area contributed by atoms with Crippen molar-refractivity contribution in [2.24, 2.45) is 17.8 Å². The minimum absolute atomic E-state index is 0. The number of anilines is 1. The zero-order valence-corrected chi connectivity index (χ0v) is 19.2. The highest BCUT2D eigenvalue weighted by molar-refractivity contribution is 5.91. The van der Waals surface area contributed by atoms with Gasteiger partial charge in [0.1, 0.15) is 5.82 Å². The minimum Gasteiger partial charge on any atom is -0.317 e. The van der Waals surface area contributed by atoms with E-state index in [0.29, 0.717) is 11.7 Å². The second-order valence-corrected chi connectivity index (χ2v) is 8.98. The van der Waals surface area contributed by atoms with Gasteiger partial charge < -0.3 is 20.9 Å². The summed E-state index contributed by atoms with van der Waals surface area (Å²) in [6.45, 7) is 7.79. The normalized spacial score (nSPS) is 21.5. The number of pyridine rings is 1. The summed E-state index contributed by atoms with van der Waals surface area (Å²) in [5, 5.41) is 9.69. The molecular formula is C24H36ClN5O. The maximum absolute atomic E-state index is 12.3. The predicted octanol–water partition coefficient (Wildman–Crippen LogP) is 2.50. The molecule has 1 aromatic rings. The van der Waals surface area contributed by atoms with Gasteiger partial charge in [0, 0.05) is 30.1 Å². The molecule has 170 valence electrons. The van der Waals surface area contributed by atoms with Crippen molar-refractivity contribution >= 4 is 24.1 Å². The molecule has 3 N–H and O–H groups in total. The van der Waals surface area contributed by atoms with E-state index in [0.717, 1.165) is 50.3 Å². The summed E-state index contributed by atoms with van der Waals surface area (Å²) in [4.78, 5) is 19.3. The standard InChI is InChI=1S/C24H35N5O.ClH/c30-24(22-7-13-26-14-8-22)28-23-4-3-20(17-27-23)2-1-19-9-15-29(16-10-19)18-21-5-11-25-12-6-21;/h3-4,17,19,21-22,25-26H,5-16,18H2,(H,27,28,30);1H. The van der Waals surface area contributed by atoms with Crippen molar-refractivity contribution in [2.45, 2.75) is 38.5 Å². The number of hydrogen-bond acceptors (Lipinski definition) is 5. The molecule has 0 unspecified atom stereocenters. The van der Waals surface area contributed by atoms with Crippen LogP contribution >= 0.6 is 12.4 Å². The third kappa shape index (κ3) is 7.47. The molecule has 3 aliphatic rings. The number of hydrogen-bond donors (Lipinski definition) is 3. The predicted molar refractivity (Wildman–Crippen MR) is 127 cm³/mol. The summed E-state index contributed by atoms with van der Waals surface area (Å²) in [5.41, 5.74) is 0.923. The Kier molecular flexibility index (Phi) is 9.60. The van der Waals surface area contributed by atoms with Crippen molar-refractivity contribution in [1.82, 2.24) is 20.5 Å². The number of halogens is 1. The molecule has 0 aliphatic carbocycles. The number of piperidine rings is 3. The fraction of sp³-hybridized carbons (Fsp3) is 0.667. The van der Waals surface area contributed by atoms with E-state index in [1.54, 1.807) is 6.20 Å². The monoisotopic (exact) mass is 445 g/mol. The van der Waals surface area contributed by atoms with E-state index < -0.39 is 0 Å². The average Bonchev–Trinajstić information content (AvgIpc) is 2.81. The third-order valence-corrected chi connectivity index (χ3v) is 6.71. The van der Waals surface area contributed by atoms with Gasteiger partial charge in [0.25, 0.3) is 0 Å². The van der Waals surface area contributed by atoms with E-state index >= 15 is 0 Å². The van der Waals surface area contributed by atoms with Crippen LogP contribution in [0.1, 0.15) is 44.1 Å². The van der Waals surface area contributed by atoms with Crippen LogP contribution in [0.25, 0.3) is 0 Å². The Hall–Kier alpha value is -1.65. The van der Waals surface area contributed by atoms with E-state index in [1.165, 1.54) is 45.6 Å². The van der Waals surface area contributed by atoms with E-state index in [2.05, 4.69) is 37.7 Å². The van der Waals surface area contributed by atoms with Crippen LogP contribution < -0.4 is 16.0 Å². The third-order valence-electron chi connectivity index (χ3n) is 6.71. The van der Waals surface area contributed by atoms with Gasteiger partial charge in [-0.2, -0.15) is 0 Å². The number of nitrogens with zero attached hydrogens (tertiary/aromatic N) is 2. The molecule has 4 rings (SSSR count). The van der Waals surface area contributed by atoms with Gasteiger partial charge in [-0.05, 0) is 95.8 Å². The van der Waals surface area contributed by atoms with E-state index in [-0.39, 0.29) is 24.2 Å². The van der Waals surface area contributed by atoms with Gasteiger partial charge in [0.05, 0.1) is 0 Å². The van der Waals surface area contributed by atoms with E-state index in [4.69, 9.17) is 0 Å². The molecule has 1 aromatic heterocycles. The van der Waals surface area contributed by atoms with Gasteiger partial charge in [0.15, 0.2) is 0 Å². The molecule has 3 fully saturated rings. The van der Waals surface area contributed by atoms with Crippen LogP contribution in [0.5, 0.6) is 0 Å². The summed E-state index contributed by atoms with van der Waals surface area (Å²) < 4.78 is 0. The Bertz CT molecular complexity index is 739. The van der Waals surface area contributed by atoms with Crippen LogP contribution in [0.15, 0.2) is 18.3 Å². The minimum atomic E-state index is 0. The van der Waals surface area contributed by atoms with Crippen LogP contribution in [0.3, 0.4) is 0 Å². The molecule has 0 atom stereocenters. The van der Waals surface area contributed by atoms with Crippen LogP contribution in [0.2, 0.25) is 0 Å². The molecular weight excluding hydrogens is 410 g/mol. The van der Waals surface area contributed by atoms with Crippen molar-refractivity contribution < 1.29 is 4.79 Å². The van der Waals surface area contributed by atoms with Gasteiger partial charge in [0.2, 0.25) is 5.91 Å². The summed E-state index contributed by atoms with van der Waals surface area (Å²) >= 11 is 0. The van der Waals surface area contributed by atoms with Crippen LogP contribution in [0, 0.1) is 29.6 Å². The molecule has 0 aromatic carbocycles. The van der Waals surface area contributed by atoms with Gasteiger partial charge in [-0.25, -0.2) is 4.98 Å². The van der Waals surface area contributed by atoms with Crippen LogP contribution in [0.4, 0.5) is 5.82 Å². The van der Waals surface area contributed by atoms with Crippen molar-refractivity contribution in [2.75, 3.05) is 51.1 Å². The van der Waals surface area contributed by atoms with Crippen molar-refractivity contribution in [3.05, 3.63) is 23.9 Å². The topological polar surface area (TPSA) is 69.3 Å². The van der Waals surface area contributed by atoms with Crippen molar-refractivity contribution in [3.63, 3.8) is 0 Å². The van der Waals surface area contributed by atoms with Crippen molar-refractivity contribution in [1.29, 1.82) is 0 Å². The molecule has 6 nitrogen and oxygen atoms in total. The smallest absolute Gasteiger partial charge is 0.228 e. The lowest BCUT2D eigenvalue weighted by atomic mass is 9.93. The highest BCUT2D eigenvalue weighted by Crippen LogP contribution is 2.20. The van der Waals surface area contributed by atoms with Crippen LogP contribution in [-0.2, 0) is 4.79 Å². The lowest BCUT2D eigenvalue weighted by Crippen LogP contribution is -2.40. The van der Waals surface area contributed by atoms with E-state index in [9.17, 15) is 4.79 Å². The first-order valence-electron chi connectivity index (χ1n) is 11.7. The van der Waals surface area contributed by atoms with Gasteiger partial charge >= 0.3 is 0 Å². The summed E-state index contributed by atoms with van der Waals surface area (Å²) in [6, 6.07) is 3.83. The van der Waals surface area contributed by atoms with Crippen molar-refractivity contribution in [3.8, 4) is 11.8 Å². The Balaban J connectivity index is 0.00000272. The molecule has 0 saturated carbocycles. The number of likely N-dealkylation sites (tertiary alicyclic amines) is 1. The molecule has 0 radical (unpaired) electrons. The van der Waals surface area contributed by atoms with Crippen LogP contribution in [-0.4, -0.2) is 61.6 Å². The molecule has 1 amide bonds. The number of amides is 1. The van der Waals surface area contributed by atoms with E-state index in [1.807, 2.05) is 12.1 Å². The number of carbonyl (C=O) groups excluding carboxylic acids is 1. The molecule has 0 spiro atoms. The second kappa shape index (κ2) is 12.4. The molecule has 4 heterocycles. The number of rotatable bonds is 4. The molecule has 0 bridgehead atoms. The summed E-state index contributed by atoms with van der Waals surface area (Å²) in [5.74, 6) is 8.89. The van der Waals surface area contributed by atoms with Gasteiger partial charge in [-0.15, -0.1) is 12.4 Å². The first-order valence-corrected chi connectivity index (χ1v) is 11.7. The van der Waals surface area contributed by atoms with Gasteiger partial charge in [-0.1, -0.05) is 11.8 Å². The number of nitrogens with one attached hydrogen (secondary N) is 3. The average molecular weight is 446 g/mol. The molecule has 7 heteroatoms. The number of carbonyl (C=O) groups is 1. The molecule has 31 heavy (non-hydrogen) atoms. The summed E-state index contributed by atoms with van der Waals surface area (Å²) in [6.07, 6.45) is 8.53. The quantitative estimate of drug-likeness (QED) is 0.621. The van der Waals surface area contributed by atoms with Gasteiger partial charge in [-0.3, -0.25) is 4.79 Å². The second-order valence-electron chi connectivity index (χ2n) is 8.98. The zero-order valence-electron chi connectivity index (χ0n) is 18.4. The maximum Gasteiger partial charge on any atom is 0.228 e. The summed E-state index contributed by atoms with van der Waals surface area (Å²) in [7, 11) is 0. The highest BCUT2D eigenvalue weighted by atomic mass is 35.5. The lowest BCUT2D eigenvalue weighted by molar-refractivity contribution is -0.120. The fourth-order valence-electron chi connectivity index (χ4n) is 4.73. The lowest BCUT2D eigenvalue weighted by Gasteiger charge is -2.34. The maximum atomic E-state index is 12.3. The number of aromatic nitrogens is 1. The first-order chi connectivity index (χ1) is 14.8. The molecule has 3 saturated heterocycles. The Labute approximate surface area is 192 Å². The Morgan fingerprint density at radius 2 is 1.71 bits per heavy atom. The SMILES string of the molecule is Cl.O=C(Nc1ccc(C#CC2CCN(CC3CCNCC3)CC2)cn1)C1CCNCC1. The fourth-order valence-corrected chi connectivity index (χ4v) is 4.73.